The number of piperidine rings is 1. The first-order valence-corrected chi connectivity index (χ1v) is 8.87. The van der Waals surface area contributed by atoms with Gasteiger partial charge in [0.1, 0.15) is 6.04 Å². The van der Waals surface area contributed by atoms with Crippen LogP contribution in [-0.2, 0) is 15.0 Å². The van der Waals surface area contributed by atoms with Gasteiger partial charge in [-0.05, 0) is 43.4 Å². The lowest BCUT2D eigenvalue weighted by molar-refractivity contribution is -0.138. The number of hydrogen-bond donors (Lipinski definition) is 2. The van der Waals surface area contributed by atoms with Gasteiger partial charge in [-0.2, -0.15) is 17.4 Å². The molecule has 1 atom stereocenters. The number of halogens is 1. The van der Waals surface area contributed by atoms with Crippen LogP contribution in [0.3, 0.4) is 0 Å². The fourth-order valence-corrected chi connectivity index (χ4v) is 4.03. The zero-order chi connectivity index (χ0) is 16.3. The fourth-order valence-electron chi connectivity index (χ4n) is 2.51. The fraction of sp³-hybridized carbons (Fsp3) is 0.500. The van der Waals surface area contributed by atoms with E-state index >= 15 is 0 Å². The molecule has 0 aromatic heterocycles. The summed E-state index contributed by atoms with van der Waals surface area (Å²) in [5.74, 6) is -0.903. The molecule has 1 heterocycles. The molecule has 122 valence electrons. The van der Waals surface area contributed by atoms with Gasteiger partial charge in [-0.1, -0.05) is 23.7 Å². The Balaban J connectivity index is 1.96. The lowest BCUT2D eigenvalue weighted by Gasteiger charge is -2.31. The average Bonchev–Trinajstić information content (AvgIpc) is 2.47. The average molecular weight is 347 g/mol. The maximum atomic E-state index is 12.1. The van der Waals surface area contributed by atoms with E-state index in [4.69, 9.17) is 16.7 Å². The molecule has 6 nitrogen and oxygen atoms in total. The molecule has 0 amide bonds. The Labute approximate surface area is 135 Å². The summed E-state index contributed by atoms with van der Waals surface area (Å²) < 4.78 is 27.7. The molecule has 0 saturated carbocycles. The van der Waals surface area contributed by atoms with Gasteiger partial charge in [-0.15, -0.1) is 0 Å². The molecule has 1 fully saturated rings. The summed E-state index contributed by atoms with van der Waals surface area (Å²) in [7, 11) is -3.76. The number of benzene rings is 1. The number of aliphatic carboxylic acids is 1. The first-order chi connectivity index (χ1) is 10.3. The standard InChI is InChI=1S/C14H19ClN2O4S/c1-10(14(18)19)16-22(20,21)17-8-6-12(7-9-17)11-2-4-13(15)5-3-11/h2-5,10,12,16H,6-9H2,1H3,(H,18,19). The van der Waals surface area contributed by atoms with Crippen LogP contribution in [0.2, 0.25) is 5.02 Å². The predicted octanol–water partition coefficient (Wildman–Crippen LogP) is 1.83. The quantitative estimate of drug-likeness (QED) is 0.851. The lowest BCUT2D eigenvalue weighted by Crippen LogP contribution is -2.49. The normalized spacial score (nSPS) is 19.0. The van der Waals surface area contributed by atoms with E-state index in [2.05, 4.69) is 4.72 Å². The summed E-state index contributed by atoms with van der Waals surface area (Å²) in [5, 5.41) is 9.48. The van der Waals surface area contributed by atoms with Crippen LogP contribution >= 0.6 is 11.6 Å². The van der Waals surface area contributed by atoms with Crippen molar-refractivity contribution in [1.82, 2.24) is 9.03 Å². The summed E-state index contributed by atoms with van der Waals surface area (Å²) in [6, 6.07) is 6.44. The van der Waals surface area contributed by atoms with Crippen molar-refractivity contribution in [1.29, 1.82) is 0 Å². The van der Waals surface area contributed by atoms with Crippen LogP contribution in [0.1, 0.15) is 31.2 Å². The van der Waals surface area contributed by atoms with E-state index in [9.17, 15) is 13.2 Å². The van der Waals surface area contributed by atoms with Gasteiger partial charge in [0, 0.05) is 18.1 Å². The molecule has 1 aromatic carbocycles. The summed E-state index contributed by atoms with van der Waals surface area (Å²) in [6.07, 6.45) is 1.40. The maximum Gasteiger partial charge on any atom is 0.321 e. The highest BCUT2D eigenvalue weighted by atomic mass is 35.5. The first kappa shape index (κ1) is 17.2. The van der Waals surface area contributed by atoms with E-state index in [0.717, 1.165) is 5.56 Å². The van der Waals surface area contributed by atoms with Crippen molar-refractivity contribution >= 4 is 27.8 Å². The number of carboxylic acids is 1. The highest BCUT2D eigenvalue weighted by molar-refractivity contribution is 7.87. The van der Waals surface area contributed by atoms with Crippen LogP contribution in [0.25, 0.3) is 0 Å². The molecule has 0 spiro atoms. The molecule has 1 aliphatic heterocycles. The molecule has 8 heteroatoms. The SMILES string of the molecule is CC(NS(=O)(=O)N1CCC(c2ccc(Cl)cc2)CC1)C(=O)O. The van der Waals surface area contributed by atoms with Gasteiger partial charge in [0.25, 0.3) is 10.2 Å². The first-order valence-electron chi connectivity index (χ1n) is 7.05. The van der Waals surface area contributed by atoms with Crippen molar-refractivity contribution in [2.75, 3.05) is 13.1 Å². The Morgan fingerprint density at radius 1 is 1.32 bits per heavy atom. The molecule has 0 radical (unpaired) electrons. The molecule has 22 heavy (non-hydrogen) atoms. The van der Waals surface area contributed by atoms with Gasteiger partial charge in [0.05, 0.1) is 0 Å². The molecule has 1 aliphatic rings. The number of nitrogens with zero attached hydrogens (tertiary/aromatic N) is 1. The Morgan fingerprint density at radius 2 is 1.86 bits per heavy atom. The van der Waals surface area contributed by atoms with E-state index < -0.39 is 22.2 Å². The number of carbonyl (C=O) groups is 1. The van der Waals surface area contributed by atoms with Crippen molar-refractivity contribution in [3.8, 4) is 0 Å². The third-order valence-corrected chi connectivity index (χ3v) is 5.78. The molecule has 1 unspecified atom stereocenters. The van der Waals surface area contributed by atoms with Crippen molar-refractivity contribution in [2.24, 2.45) is 0 Å². The zero-order valence-corrected chi connectivity index (χ0v) is 13.8. The van der Waals surface area contributed by atoms with Crippen molar-refractivity contribution in [3.05, 3.63) is 34.9 Å². The highest BCUT2D eigenvalue weighted by Crippen LogP contribution is 2.29. The van der Waals surface area contributed by atoms with Crippen molar-refractivity contribution in [3.63, 3.8) is 0 Å². The molecule has 1 aromatic rings. The maximum absolute atomic E-state index is 12.1. The van der Waals surface area contributed by atoms with Gasteiger partial charge in [0.15, 0.2) is 0 Å². The number of carboxylic acid groups (broad SMARTS) is 1. The van der Waals surface area contributed by atoms with Crippen molar-refractivity contribution in [2.45, 2.75) is 31.7 Å². The number of hydrogen-bond acceptors (Lipinski definition) is 3. The Bertz CT molecular complexity index is 625. The van der Waals surface area contributed by atoms with Crippen LogP contribution in [0.5, 0.6) is 0 Å². The monoisotopic (exact) mass is 346 g/mol. The third-order valence-electron chi connectivity index (χ3n) is 3.83. The van der Waals surface area contributed by atoms with Crippen LogP contribution in [0.15, 0.2) is 24.3 Å². The number of rotatable bonds is 5. The molecule has 0 bridgehead atoms. The van der Waals surface area contributed by atoms with Crippen LogP contribution in [0, 0.1) is 0 Å². The predicted molar refractivity (Wildman–Crippen MR) is 84.2 cm³/mol. The Hall–Kier alpha value is -1.15. The molecule has 1 saturated heterocycles. The van der Waals surface area contributed by atoms with Crippen LogP contribution in [0.4, 0.5) is 0 Å². The van der Waals surface area contributed by atoms with Gasteiger partial charge in [-0.3, -0.25) is 4.79 Å². The van der Waals surface area contributed by atoms with Gasteiger partial charge < -0.3 is 5.11 Å². The van der Waals surface area contributed by atoms with Crippen LogP contribution in [-0.4, -0.2) is 42.9 Å². The highest BCUT2D eigenvalue weighted by Gasteiger charge is 2.30. The van der Waals surface area contributed by atoms with E-state index in [-0.39, 0.29) is 0 Å². The molecular formula is C14H19ClN2O4S. The molecule has 2 N–H and O–H groups in total. The third kappa shape index (κ3) is 4.19. The lowest BCUT2D eigenvalue weighted by atomic mass is 9.90. The van der Waals surface area contributed by atoms with Crippen LogP contribution < -0.4 is 4.72 Å². The minimum absolute atomic E-state index is 0.292. The van der Waals surface area contributed by atoms with E-state index in [0.29, 0.717) is 36.9 Å². The van der Waals surface area contributed by atoms with Crippen molar-refractivity contribution < 1.29 is 18.3 Å². The Kier molecular flexibility index (Phi) is 5.44. The topological polar surface area (TPSA) is 86.7 Å². The summed E-state index contributed by atoms with van der Waals surface area (Å²) in [6.45, 7) is 2.05. The van der Waals surface area contributed by atoms with E-state index in [1.54, 1.807) is 0 Å². The molecule has 2 rings (SSSR count). The molecule has 0 aliphatic carbocycles. The van der Waals surface area contributed by atoms with Gasteiger partial charge in [-0.25, -0.2) is 0 Å². The zero-order valence-electron chi connectivity index (χ0n) is 12.2. The second-order valence-electron chi connectivity index (χ2n) is 5.41. The number of nitrogens with one attached hydrogen (secondary N) is 1. The summed E-state index contributed by atoms with van der Waals surface area (Å²) in [5.41, 5.74) is 1.15. The smallest absolute Gasteiger partial charge is 0.321 e. The largest absolute Gasteiger partial charge is 0.480 e. The summed E-state index contributed by atoms with van der Waals surface area (Å²) in [4.78, 5) is 10.8. The Morgan fingerprint density at radius 3 is 2.36 bits per heavy atom. The second kappa shape index (κ2) is 6.95. The summed E-state index contributed by atoms with van der Waals surface area (Å²) >= 11 is 5.86. The minimum Gasteiger partial charge on any atom is -0.480 e. The molecular weight excluding hydrogens is 328 g/mol. The van der Waals surface area contributed by atoms with Gasteiger partial charge >= 0.3 is 5.97 Å². The minimum atomic E-state index is -3.76. The van der Waals surface area contributed by atoms with Gasteiger partial charge in [0.2, 0.25) is 0 Å². The second-order valence-corrected chi connectivity index (χ2v) is 7.55. The van der Waals surface area contributed by atoms with E-state index in [1.807, 2.05) is 24.3 Å². The van der Waals surface area contributed by atoms with E-state index in [1.165, 1.54) is 11.2 Å².